The Hall–Kier alpha value is -2.23. The number of nitrogens with one attached hydrogen (secondary N) is 1. The minimum absolute atomic E-state index is 0.192. The van der Waals surface area contributed by atoms with Crippen LogP contribution in [0, 0.1) is 0 Å². The number of hydrogen-bond donors (Lipinski definition) is 1. The summed E-state index contributed by atoms with van der Waals surface area (Å²) in [5, 5.41) is 2.54. The first-order valence-electron chi connectivity index (χ1n) is 8.43. The lowest BCUT2D eigenvalue weighted by Crippen LogP contribution is -2.49. The van der Waals surface area contributed by atoms with E-state index in [1.807, 2.05) is 0 Å². The fourth-order valence-electron chi connectivity index (χ4n) is 2.51. The maximum Gasteiger partial charge on any atom is 0.330 e. The van der Waals surface area contributed by atoms with Gasteiger partial charge in [0.15, 0.2) is 0 Å². The van der Waals surface area contributed by atoms with Crippen LogP contribution in [0.5, 0.6) is 0 Å². The number of amides is 1. The van der Waals surface area contributed by atoms with Crippen molar-refractivity contribution >= 4 is 28.0 Å². The van der Waals surface area contributed by atoms with Gasteiger partial charge in [0.2, 0.25) is 15.9 Å². The normalized spacial score (nSPS) is 16.3. The molecule has 1 amide bonds. The smallest absolute Gasteiger partial charge is 0.330 e. The topological polar surface area (TPSA) is 102 Å². The number of sulfonamides is 1. The zero-order valence-corrected chi connectivity index (χ0v) is 16.4. The minimum atomic E-state index is -3.55. The van der Waals surface area contributed by atoms with Crippen LogP contribution in [0.3, 0.4) is 0 Å². The molecule has 0 aromatic heterocycles. The van der Waals surface area contributed by atoms with Gasteiger partial charge in [0, 0.05) is 19.2 Å². The maximum atomic E-state index is 12.6. The van der Waals surface area contributed by atoms with Crippen LogP contribution in [0.1, 0.15) is 19.4 Å². The number of benzene rings is 1. The fraction of sp³-hybridized carbons (Fsp3) is 0.444. The average molecular weight is 396 g/mol. The van der Waals surface area contributed by atoms with Gasteiger partial charge in [-0.1, -0.05) is 12.1 Å². The molecule has 1 aliphatic heterocycles. The molecule has 0 spiro atoms. The van der Waals surface area contributed by atoms with Crippen LogP contribution in [0.4, 0.5) is 0 Å². The molecular weight excluding hydrogens is 372 g/mol. The van der Waals surface area contributed by atoms with E-state index < -0.39 is 27.4 Å². The summed E-state index contributed by atoms with van der Waals surface area (Å²) in [6.45, 7) is 4.51. The Labute approximate surface area is 159 Å². The van der Waals surface area contributed by atoms with E-state index in [1.165, 1.54) is 49.5 Å². The Morgan fingerprint density at radius 1 is 1.19 bits per heavy atom. The standard InChI is InChI=1S/C18H24N2O6S/c1-18(2,17(22)25-3)19-16(21)9-6-14-4-7-15(8-5-14)27(23,24)20-10-12-26-13-11-20/h4-9H,10-13H2,1-3H3,(H,19,21)/b9-6+. The van der Waals surface area contributed by atoms with E-state index in [2.05, 4.69) is 10.1 Å². The Balaban J connectivity index is 2.03. The van der Waals surface area contributed by atoms with Crippen LogP contribution < -0.4 is 5.32 Å². The summed E-state index contributed by atoms with van der Waals surface area (Å²) in [7, 11) is -2.30. The minimum Gasteiger partial charge on any atom is -0.467 e. The summed E-state index contributed by atoms with van der Waals surface area (Å²) in [6.07, 6.45) is 2.81. The molecule has 1 fully saturated rings. The number of ether oxygens (including phenoxy) is 2. The lowest BCUT2D eigenvalue weighted by atomic mass is 10.1. The van der Waals surface area contributed by atoms with Crippen LogP contribution in [-0.4, -0.2) is 63.6 Å². The molecule has 0 unspecified atom stereocenters. The van der Waals surface area contributed by atoms with E-state index in [9.17, 15) is 18.0 Å². The van der Waals surface area contributed by atoms with Crippen molar-refractivity contribution in [3.05, 3.63) is 35.9 Å². The summed E-state index contributed by atoms with van der Waals surface area (Å²) in [6, 6.07) is 6.23. The van der Waals surface area contributed by atoms with E-state index in [1.54, 1.807) is 12.1 Å². The van der Waals surface area contributed by atoms with Crippen molar-refractivity contribution < 1.29 is 27.5 Å². The van der Waals surface area contributed by atoms with Gasteiger partial charge in [-0.25, -0.2) is 13.2 Å². The van der Waals surface area contributed by atoms with Gasteiger partial charge in [0.05, 0.1) is 25.2 Å². The molecule has 148 valence electrons. The lowest BCUT2D eigenvalue weighted by molar-refractivity contribution is -0.148. The largest absolute Gasteiger partial charge is 0.467 e. The predicted octanol–water partition coefficient (Wildman–Crippen LogP) is 0.789. The maximum absolute atomic E-state index is 12.6. The van der Waals surface area contributed by atoms with Crippen molar-refractivity contribution in [2.24, 2.45) is 0 Å². The molecule has 8 nitrogen and oxygen atoms in total. The molecule has 2 rings (SSSR count). The highest BCUT2D eigenvalue weighted by Gasteiger charge is 2.29. The summed E-state index contributed by atoms with van der Waals surface area (Å²) in [5.41, 5.74) is -0.492. The van der Waals surface area contributed by atoms with Crippen molar-refractivity contribution in [3.8, 4) is 0 Å². The second-order valence-corrected chi connectivity index (χ2v) is 8.46. The monoisotopic (exact) mass is 396 g/mol. The van der Waals surface area contributed by atoms with Crippen molar-refractivity contribution in [2.75, 3.05) is 33.4 Å². The Bertz CT molecular complexity index is 809. The molecule has 1 aromatic carbocycles. The van der Waals surface area contributed by atoms with E-state index in [-0.39, 0.29) is 4.90 Å². The highest BCUT2D eigenvalue weighted by molar-refractivity contribution is 7.89. The van der Waals surface area contributed by atoms with Crippen molar-refractivity contribution in [1.82, 2.24) is 9.62 Å². The highest BCUT2D eigenvalue weighted by atomic mass is 32.2. The van der Waals surface area contributed by atoms with E-state index in [0.717, 1.165) is 0 Å². The molecular formula is C18H24N2O6S. The van der Waals surface area contributed by atoms with Crippen LogP contribution in [-0.2, 0) is 29.1 Å². The van der Waals surface area contributed by atoms with E-state index in [0.29, 0.717) is 31.9 Å². The quantitative estimate of drug-likeness (QED) is 0.563. The highest BCUT2D eigenvalue weighted by Crippen LogP contribution is 2.18. The molecule has 9 heteroatoms. The fourth-order valence-corrected chi connectivity index (χ4v) is 3.92. The molecule has 1 aliphatic rings. The zero-order valence-electron chi connectivity index (χ0n) is 15.6. The third-order valence-corrected chi connectivity index (χ3v) is 5.96. The number of carbonyl (C=O) groups excluding carboxylic acids is 2. The van der Waals surface area contributed by atoms with Gasteiger partial charge in [0.25, 0.3) is 0 Å². The van der Waals surface area contributed by atoms with Crippen LogP contribution in [0.25, 0.3) is 6.08 Å². The Morgan fingerprint density at radius 2 is 1.78 bits per heavy atom. The van der Waals surface area contributed by atoms with Gasteiger partial charge in [-0.05, 0) is 37.6 Å². The number of rotatable bonds is 6. The molecule has 0 saturated carbocycles. The second-order valence-electron chi connectivity index (χ2n) is 6.52. The Kier molecular flexibility index (Phi) is 6.74. The molecule has 27 heavy (non-hydrogen) atoms. The second kappa shape index (κ2) is 8.64. The van der Waals surface area contributed by atoms with Crippen molar-refractivity contribution in [2.45, 2.75) is 24.3 Å². The number of methoxy groups -OCH3 is 1. The number of morpholine rings is 1. The van der Waals surface area contributed by atoms with Gasteiger partial charge in [0.1, 0.15) is 5.54 Å². The lowest BCUT2D eigenvalue weighted by Gasteiger charge is -2.26. The summed E-state index contributed by atoms with van der Waals surface area (Å²) < 4.78 is 36.3. The third-order valence-electron chi connectivity index (χ3n) is 4.05. The first kappa shape index (κ1) is 21.1. The molecule has 1 aromatic rings. The van der Waals surface area contributed by atoms with Gasteiger partial charge in [-0.3, -0.25) is 4.79 Å². The van der Waals surface area contributed by atoms with Crippen LogP contribution in [0.15, 0.2) is 35.2 Å². The van der Waals surface area contributed by atoms with Crippen molar-refractivity contribution in [1.29, 1.82) is 0 Å². The predicted molar refractivity (Wildman–Crippen MR) is 99.3 cm³/mol. The van der Waals surface area contributed by atoms with E-state index in [4.69, 9.17) is 4.74 Å². The third kappa shape index (κ3) is 5.38. The number of nitrogens with zero attached hydrogens (tertiary/aromatic N) is 1. The Morgan fingerprint density at radius 3 is 2.33 bits per heavy atom. The molecule has 1 N–H and O–H groups in total. The molecule has 0 atom stereocenters. The van der Waals surface area contributed by atoms with Crippen LogP contribution >= 0.6 is 0 Å². The summed E-state index contributed by atoms with van der Waals surface area (Å²) >= 11 is 0. The van der Waals surface area contributed by atoms with Crippen LogP contribution in [0.2, 0.25) is 0 Å². The van der Waals surface area contributed by atoms with Gasteiger partial charge < -0.3 is 14.8 Å². The summed E-state index contributed by atoms with van der Waals surface area (Å²) in [5.74, 6) is -1.02. The first-order valence-corrected chi connectivity index (χ1v) is 9.87. The molecule has 0 aliphatic carbocycles. The van der Waals surface area contributed by atoms with Gasteiger partial charge in [-0.2, -0.15) is 4.31 Å². The average Bonchev–Trinajstić information content (AvgIpc) is 2.66. The number of esters is 1. The number of carbonyl (C=O) groups is 2. The first-order chi connectivity index (χ1) is 12.7. The van der Waals surface area contributed by atoms with Gasteiger partial charge in [-0.15, -0.1) is 0 Å². The molecule has 1 heterocycles. The van der Waals surface area contributed by atoms with Crippen molar-refractivity contribution in [3.63, 3.8) is 0 Å². The molecule has 1 saturated heterocycles. The van der Waals surface area contributed by atoms with E-state index >= 15 is 0 Å². The zero-order chi connectivity index (χ0) is 20.1. The molecule has 0 bridgehead atoms. The van der Waals surface area contributed by atoms with Gasteiger partial charge >= 0.3 is 5.97 Å². The number of hydrogen-bond acceptors (Lipinski definition) is 6. The SMILES string of the molecule is COC(=O)C(C)(C)NC(=O)/C=C/c1ccc(S(=O)(=O)N2CCOCC2)cc1. The molecule has 0 radical (unpaired) electrons. The summed E-state index contributed by atoms with van der Waals surface area (Å²) in [4.78, 5) is 23.7.